The van der Waals surface area contributed by atoms with E-state index in [0.717, 1.165) is 36.9 Å². The van der Waals surface area contributed by atoms with Crippen LogP contribution in [-0.2, 0) is 6.54 Å². The van der Waals surface area contributed by atoms with E-state index in [9.17, 15) is 0 Å². The third-order valence-electron chi connectivity index (χ3n) is 5.42. The van der Waals surface area contributed by atoms with Crippen molar-refractivity contribution < 1.29 is 0 Å². The fraction of sp³-hybridized carbons (Fsp3) is 0.400. The summed E-state index contributed by atoms with van der Waals surface area (Å²) < 4.78 is 0. The minimum absolute atomic E-state index is 0.608. The van der Waals surface area contributed by atoms with Gasteiger partial charge in [0.2, 0.25) is 0 Å². The lowest BCUT2D eigenvalue weighted by Crippen LogP contribution is -2.48. The Hall–Kier alpha value is -2.38. The van der Waals surface area contributed by atoms with E-state index in [4.69, 9.17) is 5.26 Å². The molecule has 0 radical (unpaired) electrons. The van der Waals surface area contributed by atoms with Gasteiger partial charge in [-0.15, -0.1) is 0 Å². The second-order valence-corrected chi connectivity index (χ2v) is 6.82. The summed E-state index contributed by atoms with van der Waals surface area (Å²) in [6.45, 7) is 4.33. The number of fused-ring (bicyclic) bond motifs is 1. The molecule has 2 aliphatic heterocycles. The van der Waals surface area contributed by atoms with Crippen LogP contribution in [0.5, 0.6) is 0 Å². The molecule has 0 saturated carbocycles. The van der Waals surface area contributed by atoms with Crippen LogP contribution >= 0.6 is 0 Å². The third-order valence-corrected chi connectivity index (χ3v) is 5.42. The van der Waals surface area contributed by atoms with E-state index >= 15 is 0 Å². The Morgan fingerprint density at radius 1 is 1.08 bits per heavy atom. The Morgan fingerprint density at radius 2 is 1.92 bits per heavy atom. The Morgan fingerprint density at radius 3 is 2.67 bits per heavy atom. The highest BCUT2D eigenvalue weighted by Crippen LogP contribution is 2.34. The number of likely N-dealkylation sites (tertiary alicyclic amines) is 1. The SMILES string of the molecule is N#Cc1ccc(CN2CCC3CCN(c4ccccn4)CC32)cc1. The molecule has 2 aliphatic rings. The molecule has 3 heterocycles. The highest BCUT2D eigenvalue weighted by atomic mass is 15.3. The maximum atomic E-state index is 8.93. The van der Waals surface area contributed by atoms with Crippen LogP contribution in [0.25, 0.3) is 0 Å². The predicted molar refractivity (Wildman–Crippen MR) is 94.5 cm³/mol. The average molecular weight is 318 g/mol. The molecule has 4 heteroatoms. The van der Waals surface area contributed by atoms with Crippen LogP contribution in [-0.4, -0.2) is 35.6 Å². The number of hydrogen-bond acceptors (Lipinski definition) is 4. The van der Waals surface area contributed by atoms with E-state index in [1.165, 1.54) is 24.9 Å². The van der Waals surface area contributed by atoms with Gasteiger partial charge in [0.15, 0.2) is 0 Å². The molecule has 24 heavy (non-hydrogen) atoms. The fourth-order valence-corrected chi connectivity index (χ4v) is 4.09. The van der Waals surface area contributed by atoms with Gasteiger partial charge in [0.05, 0.1) is 11.6 Å². The average Bonchev–Trinajstić information content (AvgIpc) is 3.05. The number of aromatic nitrogens is 1. The van der Waals surface area contributed by atoms with Crippen LogP contribution in [0.1, 0.15) is 24.0 Å². The topological polar surface area (TPSA) is 43.2 Å². The third kappa shape index (κ3) is 3.00. The maximum absolute atomic E-state index is 8.93. The number of pyridine rings is 1. The van der Waals surface area contributed by atoms with E-state index in [1.807, 2.05) is 24.4 Å². The zero-order valence-electron chi connectivity index (χ0n) is 13.8. The van der Waals surface area contributed by atoms with Crippen LogP contribution in [0.4, 0.5) is 5.82 Å². The second-order valence-electron chi connectivity index (χ2n) is 6.82. The molecule has 0 aliphatic carbocycles. The number of benzene rings is 1. The Bertz CT molecular complexity index is 720. The molecule has 0 N–H and O–H groups in total. The lowest BCUT2D eigenvalue weighted by Gasteiger charge is -2.39. The van der Waals surface area contributed by atoms with Crippen LogP contribution in [0, 0.1) is 17.2 Å². The van der Waals surface area contributed by atoms with Crippen molar-refractivity contribution in [1.29, 1.82) is 5.26 Å². The summed E-state index contributed by atoms with van der Waals surface area (Å²) in [5.74, 6) is 1.91. The van der Waals surface area contributed by atoms with Crippen molar-refractivity contribution in [2.75, 3.05) is 24.5 Å². The first kappa shape index (κ1) is 15.2. The number of nitriles is 1. The van der Waals surface area contributed by atoms with E-state index in [2.05, 4.69) is 45.1 Å². The van der Waals surface area contributed by atoms with Crippen molar-refractivity contribution in [2.24, 2.45) is 5.92 Å². The monoisotopic (exact) mass is 318 g/mol. The molecule has 2 saturated heterocycles. The van der Waals surface area contributed by atoms with Gasteiger partial charge < -0.3 is 4.90 Å². The van der Waals surface area contributed by atoms with E-state index < -0.39 is 0 Å². The number of rotatable bonds is 3. The molecule has 0 bridgehead atoms. The number of nitrogens with zero attached hydrogens (tertiary/aromatic N) is 4. The Kier molecular flexibility index (Phi) is 4.18. The van der Waals surface area contributed by atoms with Crippen LogP contribution in [0.2, 0.25) is 0 Å². The summed E-state index contributed by atoms with van der Waals surface area (Å²) in [5.41, 5.74) is 2.03. The summed E-state index contributed by atoms with van der Waals surface area (Å²) in [6.07, 6.45) is 4.44. The lowest BCUT2D eigenvalue weighted by molar-refractivity contribution is 0.200. The fourth-order valence-electron chi connectivity index (χ4n) is 4.09. The van der Waals surface area contributed by atoms with Gasteiger partial charge in [0.1, 0.15) is 5.82 Å². The minimum atomic E-state index is 0.608. The predicted octanol–water partition coefficient (Wildman–Crippen LogP) is 3.05. The van der Waals surface area contributed by atoms with Gasteiger partial charge in [-0.3, -0.25) is 4.90 Å². The summed E-state index contributed by atoms with van der Waals surface area (Å²) in [5, 5.41) is 8.93. The van der Waals surface area contributed by atoms with Gasteiger partial charge in [-0.25, -0.2) is 4.98 Å². The molecule has 4 nitrogen and oxygen atoms in total. The van der Waals surface area contributed by atoms with E-state index in [-0.39, 0.29) is 0 Å². The van der Waals surface area contributed by atoms with Crippen molar-refractivity contribution in [3.63, 3.8) is 0 Å². The lowest BCUT2D eigenvalue weighted by atomic mass is 9.92. The van der Waals surface area contributed by atoms with Crippen LogP contribution in [0.3, 0.4) is 0 Å². The van der Waals surface area contributed by atoms with Gasteiger partial charge >= 0.3 is 0 Å². The van der Waals surface area contributed by atoms with Crippen molar-refractivity contribution in [3.8, 4) is 6.07 Å². The summed E-state index contributed by atoms with van der Waals surface area (Å²) in [7, 11) is 0. The second kappa shape index (κ2) is 6.62. The summed E-state index contributed by atoms with van der Waals surface area (Å²) in [6, 6.07) is 17.0. The zero-order valence-corrected chi connectivity index (χ0v) is 13.8. The normalized spacial score (nSPS) is 23.7. The van der Waals surface area contributed by atoms with Crippen molar-refractivity contribution >= 4 is 5.82 Å². The molecule has 2 unspecified atom stereocenters. The van der Waals surface area contributed by atoms with Gasteiger partial charge in [-0.05, 0) is 55.1 Å². The minimum Gasteiger partial charge on any atom is -0.355 e. The molecule has 0 amide bonds. The van der Waals surface area contributed by atoms with Crippen molar-refractivity contribution in [2.45, 2.75) is 25.4 Å². The number of hydrogen-bond donors (Lipinski definition) is 0. The highest BCUT2D eigenvalue weighted by Gasteiger charge is 2.38. The van der Waals surface area contributed by atoms with Gasteiger partial charge in [0, 0.05) is 31.9 Å². The summed E-state index contributed by atoms with van der Waals surface area (Å²) in [4.78, 5) is 9.56. The molecule has 1 aromatic heterocycles. The first-order chi connectivity index (χ1) is 11.8. The van der Waals surface area contributed by atoms with Gasteiger partial charge in [-0.1, -0.05) is 18.2 Å². The number of anilines is 1. The first-order valence-corrected chi connectivity index (χ1v) is 8.72. The van der Waals surface area contributed by atoms with E-state index in [0.29, 0.717) is 6.04 Å². The Balaban J connectivity index is 1.46. The molecular weight excluding hydrogens is 296 g/mol. The van der Waals surface area contributed by atoms with Crippen LogP contribution < -0.4 is 4.90 Å². The highest BCUT2D eigenvalue weighted by molar-refractivity contribution is 5.39. The maximum Gasteiger partial charge on any atom is 0.128 e. The van der Waals surface area contributed by atoms with E-state index in [1.54, 1.807) is 0 Å². The first-order valence-electron chi connectivity index (χ1n) is 8.72. The van der Waals surface area contributed by atoms with Crippen LogP contribution in [0.15, 0.2) is 48.7 Å². The molecule has 0 spiro atoms. The Labute approximate surface area is 143 Å². The van der Waals surface area contributed by atoms with Crippen molar-refractivity contribution in [3.05, 3.63) is 59.8 Å². The van der Waals surface area contributed by atoms with Crippen molar-refractivity contribution in [1.82, 2.24) is 9.88 Å². The molecule has 2 fully saturated rings. The van der Waals surface area contributed by atoms with Gasteiger partial charge in [0.25, 0.3) is 0 Å². The smallest absolute Gasteiger partial charge is 0.128 e. The van der Waals surface area contributed by atoms with Gasteiger partial charge in [-0.2, -0.15) is 5.26 Å². The number of piperidine rings is 1. The molecule has 1 aromatic carbocycles. The standard InChI is InChI=1S/C20H22N4/c21-13-16-4-6-17(7-5-16)14-23-11-8-18-9-12-24(15-19(18)23)20-3-1-2-10-22-20/h1-7,10,18-19H,8-9,11-12,14-15H2. The largest absolute Gasteiger partial charge is 0.355 e. The molecule has 2 atom stereocenters. The quantitative estimate of drug-likeness (QED) is 0.872. The molecule has 122 valence electrons. The molecular formula is C20H22N4. The molecule has 2 aromatic rings. The summed E-state index contributed by atoms with van der Waals surface area (Å²) >= 11 is 0. The molecule has 4 rings (SSSR count). The zero-order chi connectivity index (χ0) is 16.4.